The molecule has 0 N–H and O–H groups in total. The molecule has 3 heteroatoms. The third kappa shape index (κ3) is 5.82. The van der Waals surface area contributed by atoms with Crippen LogP contribution < -0.4 is 0 Å². The number of rotatable bonds is 6. The first-order valence-electron chi connectivity index (χ1n) is 8.30. The lowest BCUT2D eigenvalue weighted by Gasteiger charge is -2.35. The SMILES string of the molecule is CCCCC[C@@H]1C=C[C@H](C(C)C)[C@@H](OC(=O)C(C)(C)C)O1. The molecule has 0 saturated carbocycles. The Hall–Kier alpha value is -0.830. The van der Waals surface area contributed by atoms with Gasteiger partial charge in [0.05, 0.1) is 11.5 Å². The van der Waals surface area contributed by atoms with E-state index in [2.05, 4.69) is 32.9 Å². The standard InChI is InChI=1S/C18H32O3/c1-7-8-9-10-14-11-12-15(13(2)3)16(20-14)21-17(19)18(4,5)6/h11-16H,7-10H2,1-6H3/t14-,15-,16-/m1/s1. The average Bonchev–Trinajstić information content (AvgIpc) is 2.37. The third-order valence-corrected chi connectivity index (χ3v) is 3.87. The molecule has 1 aliphatic heterocycles. The molecule has 0 spiro atoms. The molecule has 0 amide bonds. The Balaban J connectivity index is 2.68. The molecule has 122 valence electrons. The Morgan fingerprint density at radius 1 is 1.24 bits per heavy atom. The summed E-state index contributed by atoms with van der Waals surface area (Å²) in [5.74, 6) is 0.329. The molecule has 1 aliphatic rings. The average molecular weight is 296 g/mol. The van der Waals surface area contributed by atoms with Crippen molar-refractivity contribution in [2.24, 2.45) is 17.3 Å². The molecule has 1 rings (SSSR count). The summed E-state index contributed by atoms with van der Waals surface area (Å²) in [6, 6.07) is 0. The van der Waals surface area contributed by atoms with E-state index in [1.807, 2.05) is 20.8 Å². The van der Waals surface area contributed by atoms with Gasteiger partial charge in [-0.25, -0.2) is 0 Å². The first-order chi connectivity index (χ1) is 9.75. The van der Waals surface area contributed by atoms with Gasteiger partial charge in [-0.05, 0) is 33.1 Å². The van der Waals surface area contributed by atoms with Crippen molar-refractivity contribution in [1.82, 2.24) is 0 Å². The van der Waals surface area contributed by atoms with Crippen molar-refractivity contribution in [2.75, 3.05) is 0 Å². The summed E-state index contributed by atoms with van der Waals surface area (Å²) in [6.45, 7) is 12.1. The van der Waals surface area contributed by atoms with Crippen LogP contribution in [0.3, 0.4) is 0 Å². The first-order valence-corrected chi connectivity index (χ1v) is 8.30. The van der Waals surface area contributed by atoms with Gasteiger partial charge < -0.3 is 9.47 Å². The minimum absolute atomic E-state index is 0.0734. The normalized spacial score (nSPS) is 26.1. The molecule has 1 heterocycles. The number of ether oxygens (including phenoxy) is 2. The van der Waals surface area contributed by atoms with Gasteiger partial charge in [0.2, 0.25) is 6.29 Å². The molecule has 3 atom stereocenters. The molecule has 0 aromatic heterocycles. The van der Waals surface area contributed by atoms with Gasteiger partial charge >= 0.3 is 5.97 Å². The van der Waals surface area contributed by atoms with Crippen molar-refractivity contribution in [3.63, 3.8) is 0 Å². The highest BCUT2D eigenvalue weighted by molar-refractivity contribution is 5.75. The van der Waals surface area contributed by atoms with E-state index in [4.69, 9.17) is 9.47 Å². The molecule has 0 unspecified atom stereocenters. The van der Waals surface area contributed by atoms with E-state index in [0.717, 1.165) is 12.8 Å². The maximum absolute atomic E-state index is 12.1. The largest absolute Gasteiger partial charge is 0.435 e. The van der Waals surface area contributed by atoms with E-state index in [1.165, 1.54) is 12.8 Å². The van der Waals surface area contributed by atoms with Crippen molar-refractivity contribution >= 4 is 5.97 Å². The van der Waals surface area contributed by atoms with Gasteiger partial charge in [-0.3, -0.25) is 4.79 Å². The predicted octanol–water partition coefficient (Wildman–Crippen LogP) is 4.71. The maximum Gasteiger partial charge on any atom is 0.313 e. The third-order valence-electron chi connectivity index (χ3n) is 3.87. The molecule has 0 aromatic rings. The highest BCUT2D eigenvalue weighted by Gasteiger charge is 2.35. The van der Waals surface area contributed by atoms with E-state index in [-0.39, 0.29) is 18.0 Å². The summed E-state index contributed by atoms with van der Waals surface area (Å²) in [5, 5.41) is 0. The van der Waals surface area contributed by atoms with Crippen LogP contribution in [0.15, 0.2) is 12.2 Å². The Labute approximate surface area is 130 Å². The number of hydrogen-bond acceptors (Lipinski definition) is 3. The summed E-state index contributed by atoms with van der Waals surface area (Å²) >= 11 is 0. The summed E-state index contributed by atoms with van der Waals surface area (Å²) in [4.78, 5) is 12.1. The van der Waals surface area contributed by atoms with Gasteiger partial charge in [0, 0.05) is 5.92 Å². The monoisotopic (exact) mass is 296 g/mol. The number of hydrogen-bond donors (Lipinski definition) is 0. The van der Waals surface area contributed by atoms with Crippen molar-refractivity contribution < 1.29 is 14.3 Å². The molecular weight excluding hydrogens is 264 g/mol. The fourth-order valence-corrected chi connectivity index (χ4v) is 2.34. The van der Waals surface area contributed by atoms with Crippen LogP contribution in [0.4, 0.5) is 0 Å². The maximum atomic E-state index is 12.1. The lowest BCUT2D eigenvalue weighted by atomic mass is 9.91. The molecule has 0 aliphatic carbocycles. The highest BCUT2D eigenvalue weighted by atomic mass is 16.7. The molecule has 0 fully saturated rings. The van der Waals surface area contributed by atoms with Crippen LogP contribution >= 0.6 is 0 Å². The van der Waals surface area contributed by atoms with E-state index in [1.54, 1.807) is 0 Å². The van der Waals surface area contributed by atoms with Crippen molar-refractivity contribution in [2.45, 2.75) is 79.6 Å². The highest BCUT2D eigenvalue weighted by Crippen LogP contribution is 2.30. The second-order valence-corrected chi connectivity index (χ2v) is 7.40. The fraction of sp³-hybridized carbons (Fsp3) is 0.833. The van der Waals surface area contributed by atoms with Gasteiger partial charge in [0.1, 0.15) is 0 Å². The van der Waals surface area contributed by atoms with Gasteiger partial charge in [-0.15, -0.1) is 0 Å². The number of unbranched alkanes of at least 4 members (excludes halogenated alkanes) is 2. The van der Waals surface area contributed by atoms with Crippen molar-refractivity contribution in [1.29, 1.82) is 0 Å². The summed E-state index contributed by atoms with van der Waals surface area (Å²) in [7, 11) is 0. The van der Waals surface area contributed by atoms with Crippen LogP contribution in [0.1, 0.15) is 67.2 Å². The van der Waals surface area contributed by atoms with Crippen LogP contribution in [0.2, 0.25) is 0 Å². The van der Waals surface area contributed by atoms with Crippen LogP contribution in [0.5, 0.6) is 0 Å². The summed E-state index contributed by atoms with van der Waals surface area (Å²) in [6.07, 6.45) is 8.50. The Morgan fingerprint density at radius 3 is 2.43 bits per heavy atom. The van der Waals surface area contributed by atoms with E-state index >= 15 is 0 Å². The Kier molecular flexibility index (Phi) is 6.92. The predicted molar refractivity (Wildman–Crippen MR) is 85.8 cm³/mol. The van der Waals surface area contributed by atoms with Gasteiger partial charge in [-0.1, -0.05) is 52.2 Å². The zero-order chi connectivity index (χ0) is 16.0. The molecule has 0 bridgehead atoms. The zero-order valence-electron chi connectivity index (χ0n) is 14.5. The van der Waals surface area contributed by atoms with Crippen molar-refractivity contribution in [3.8, 4) is 0 Å². The minimum atomic E-state index is -0.496. The molecule has 0 aromatic carbocycles. The lowest BCUT2D eigenvalue weighted by molar-refractivity contribution is -0.210. The summed E-state index contributed by atoms with van der Waals surface area (Å²) < 4.78 is 11.7. The van der Waals surface area contributed by atoms with E-state index in [0.29, 0.717) is 5.92 Å². The van der Waals surface area contributed by atoms with Crippen LogP contribution in [0, 0.1) is 17.3 Å². The van der Waals surface area contributed by atoms with Crippen LogP contribution in [-0.4, -0.2) is 18.4 Å². The first kappa shape index (κ1) is 18.2. The molecule has 3 nitrogen and oxygen atoms in total. The smallest absolute Gasteiger partial charge is 0.313 e. The summed E-state index contributed by atoms with van der Waals surface area (Å²) in [5.41, 5.74) is -0.496. The minimum Gasteiger partial charge on any atom is -0.435 e. The fourth-order valence-electron chi connectivity index (χ4n) is 2.34. The lowest BCUT2D eigenvalue weighted by Crippen LogP contribution is -2.40. The second kappa shape index (κ2) is 7.98. The Morgan fingerprint density at radius 2 is 1.90 bits per heavy atom. The topological polar surface area (TPSA) is 35.5 Å². The van der Waals surface area contributed by atoms with Crippen LogP contribution in [-0.2, 0) is 14.3 Å². The van der Waals surface area contributed by atoms with Crippen molar-refractivity contribution in [3.05, 3.63) is 12.2 Å². The van der Waals surface area contributed by atoms with E-state index < -0.39 is 11.7 Å². The van der Waals surface area contributed by atoms with E-state index in [9.17, 15) is 4.79 Å². The number of carbonyl (C=O) groups is 1. The Bertz CT molecular complexity index is 352. The van der Waals surface area contributed by atoms with Gasteiger partial charge in [-0.2, -0.15) is 0 Å². The molecule has 0 radical (unpaired) electrons. The molecular formula is C18H32O3. The molecule has 0 saturated heterocycles. The van der Waals surface area contributed by atoms with Gasteiger partial charge in [0.25, 0.3) is 0 Å². The quantitative estimate of drug-likeness (QED) is 0.404. The number of esters is 1. The number of carbonyl (C=O) groups excluding carboxylic acids is 1. The second-order valence-electron chi connectivity index (χ2n) is 7.40. The van der Waals surface area contributed by atoms with Gasteiger partial charge in [0.15, 0.2) is 0 Å². The zero-order valence-corrected chi connectivity index (χ0v) is 14.5. The molecule has 21 heavy (non-hydrogen) atoms. The van der Waals surface area contributed by atoms with Crippen LogP contribution in [0.25, 0.3) is 0 Å².